The van der Waals surface area contributed by atoms with E-state index in [-0.39, 0.29) is 42.8 Å². The van der Waals surface area contributed by atoms with Crippen LogP contribution in [0.2, 0.25) is 0 Å². The van der Waals surface area contributed by atoms with E-state index in [0.717, 1.165) is 61.0 Å². The third-order valence-corrected chi connectivity index (χ3v) is 11.8. The number of aliphatic imine (C=N–C) groups is 1. The number of aromatic nitrogens is 1. The molecule has 0 saturated carbocycles. The molecule has 310 valence electrons. The lowest BCUT2D eigenvalue weighted by Crippen LogP contribution is -2.54. The fourth-order valence-electron chi connectivity index (χ4n) is 8.80. The van der Waals surface area contributed by atoms with Crippen LogP contribution in [-0.2, 0) is 27.2 Å². The number of carbonyl (C=O) groups is 3. The number of aldehydes is 2. The molecule has 9 atom stereocenters. The minimum atomic E-state index is -1.45. The number of nitrogens with one attached hydrogen (secondary N) is 3. The summed E-state index contributed by atoms with van der Waals surface area (Å²) in [5.74, 6) is -0.397. The average Bonchev–Trinajstić information content (AvgIpc) is 3.72. The molecule has 0 saturated heterocycles. The second kappa shape index (κ2) is 21.2. The third-order valence-electron chi connectivity index (χ3n) is 11.8. The van der Waals surface area contributed by atoms with Gasteiger partial charge in [0.05, 0.1) is 24.7 Å². The number of benzene rings is 2. The fraction of sp³-hybridized carbons (Fsp3) is 0.535. The zero-order valence-corrected chi connectivity index (χ0v) is 32.5. The molecule has 0 unspecified atom stereocenters. The molecular formula is C43H60N6O8. The van der Waals surface area contributed by atoms with Crippen molar-refractivity contribution in [1.29, 1.82) is 0 Å². The number of nitrogens with two attached hydrogens (primary N) is 2. The minimum Gasteiger partial charge on any atom is -0.478 e. The third kappa shape index (κ3) is 12.0. The Morgan fingerprint density at radius 3 is 2.56 bits per heavy atom. The van der Waals surface area contributed by atoms with Gasteiger partial charge in [0, 0.05) is 37.3 Å². The number of nitrogens with zero attached hydrogens (tertiary/aromatic N) is 1. The molecule has 2 aromatic carbocycles. The Kier molecular flexibility index (Phi) is 16.2. The second-order valence-electron chi connectivity index (χ2n) is 15.8. The van der Waals surface area contributed by atoms with Gasteiger partial charge in [0.25, 0.3) is 0 Å². The first-order chi connectivity index (χ1) is 27.5. The number of fused-ring (bicyclic) bond motifs is 2. The van der Waals surface area contributed by atoms with Gasteiger partial charge in [0.1, 0.15) is 30.6 Å². The van der Waals surface area contributed by atoms with Crippen LogP contribution < -0.4 is 22.1 Å². The minimum absolute atomic E-state index is 0.00940. The number of carboxylic acid groups (broad SMARTS) is 1. The highest BCUT2D eigenvalue weighted by molar-refractivity contribution is 5.86. The summed E-state index contributed by atoms with van der Waals surface area (Å²) in [6.45, 7) is -0.617. The highest BCUT2D eigenvalue weighted by atomic mass is 16.4. The SMILES string of the molecule is NC1=N[C@@H]([C@H](O)[C@H](O)CO)C[C@@H](/C(=C\C(=O)O)[C@@H](C[C@H]2CCc3cc4ccc(CC=O)cc4cc3[C@@H]2CCC[C@@H](N)CC[C@H](C=O)CCCO)Nc2ccc[nH]2)N1. The van der Waals surface area contributed by atoms with Gasteiger partial charge in [-0.3, -0.25) is 0 Å². The van der Waals surface area contributed by atoms with Gasteiger partial charge in [-0.15, -0.1) is 0 Å². The first-order valence-corrected chi connectivity index (χ1v) is 20.2. The van der Waals surface area contributed by atoms with Crippen molar-refractivity contribution in [3.63, 3.8) is 0 Å². The summed E-state index contributed by atoms with van der Waals surface area (Å²) in [5.41, 5.74) is 16.8. The van der Waals surface area contributed by atoms with Crippen molar-refractivity contribution in [1.82, 2.24) is 10.3 Å². The van der Waals surface area contributed by atoms with Gasteiger partial charge in [-0.05, 0) is 121 Å². The molecule has 5 rings (SSSR count). The van der Waals surface area contributed by atoms with Crippen LogP contribution in [0, 0.1) is 11.8 Å². The van der Waals surface area contributed by atoms with Crippen molar-refractivity contribution in [2.75, 3.05) is 18.5 Å². The van der Waals surface area contributed by atoms with Gasteiger partial charge in [0.15, 0.2) is 5.96 Å². The summed E-state index contributed by atoms with van der Waals surface area (Å²) >= 11 is 0. The van der Waals surface area contributed by atoms with Gasteiger partial charge in [-0.1, -0.05) is 36.8 Å². The number of aliphatic hydroxyl groups is 4. The number of carboxylic acids is 1. The number of guanidine groups is 1. The number of anilines is 1. The molecule has 14 nitrogen and oxygen atoms in total. The molecular weight excluding hydrogens is 729 g/mol. The number of hydrogen-bond donors (Lipinski definition) is 10. The fourth-order valence-corrected chi connectivity index (χ4v) is 8.80. The Labute approximate surface area is 333 Å². The summed E-state index contributed by atoms with van der Waals surface area (Å²) in [6.07, 6.45) is 9.68. The number of H-pyrrole nitrogens is 1. The molecule has 2 heterocycles. The van der Waals surface area contributed by atoms with Crippen molar-refractivity contribution in [3.8, 4) is 0 Å². The quantitative estimate of drug-likeness (QED) is 0.0492. The first kappa shape index (κ1) is 43.5. The first-order valence-electron chi connectivity index (χ1n) is 20.2. The molecule has 1 aliphatic carbocycles. The smallest absolute Gasteiger partial charge is 0.328 e. The standard InChI is InChI=1S/C43H60N6O8/c44-32(13-9-27(24-52)4-3-16-50)5-1-6-33-30(12-11-29-19-28-10-8-26(14-17-51)18-31(28)20-34(29)33)21-36(47-40-7-2-15-46-40)35(22-41(55)56)37-23-38(49-43(45)48-37)42(57)39(54)25-53/h2,7-8,10,15,17-20,22,24,27,30,32-33,36-39,42,46-47,50,53-54,57H,1,3-6,9,11-14,16,21,23,25,44H2,(H,55,56)(H3,45,48,49)/b35-22-/t27-,30-,32-,33-,36-,37+,38-,39-,42+/m1/s1. The predicted octanol–water partition coefficient (Wildman–Crippen LogP) is 3.06. The molecule has 2 aliphatic rings. The van der Waals surface area contributed by atoms with Crippen molar-refractivity contribution in [2.45, 2.75) is 119 Å². The lowest BCUT2D eigenvalue weighted by Gasteiger charge is -2.40. The number of carbonyl (C=O) groups excluding carboxylic acids is 2. The molecule has 0 radical (unpaired) electrons. The largest absolute Gasteiger partial charge is 0.478 e. The van der Waals surface area contributed by atoms with E-state index in [2.05, 4.69) is 44.9 Å². The topological polar surface area (TPSA) is 257 Å². The zero-order chi connectivity index (χ0) is 40.9. The molecule has 1 aliphatic heterocycles. The van der Waals surface area contributed by atoms with Crippen LogP contribution in [0.3, 0.4) is 0 Å². The molecule has 0 fully saturated rings. The van der Waals surface area contributed by atoms with Crippen LogP contribution in [0.4, 0.5) is 5.82 Å². The predicted molar refractivity (Wildman–Crippen MR) is 220 cm³/mol. The number of rotatable bonds is 23. The Morgan fingerprint density at radius 2 is 1.86 bits per heavy atom. The van der Waals surface area contributed by atoms with Crippen LogP contribution in [0.1, 0.15) is 86.8 Å². The number of aliphatic carboxylic acids is 1. The van der Waals surface area contributed by atoms with Crippen molar-refractivity contribution in [2.24, 2.45) is 28.3 Å². The molecule has 0 spiro atoms. The monoisotopic (exact) mass is 788 g/mol. The van der Waals surface area contributed by atoms with E-state index in [1.54, 1.807) is 6.20 Å². The molecule has 1 aromatic heterocycles. The van der Waals surface area contributed by atoms with Crippen molar-refractivity contribution >= 4 is 41.1 Å². The lowest BCUT2D eigenvalue weighted by atomic mass is 9.69. The molecule has 0 amide bonds. The highest BCUT2D eigenvalue weighted by Gasteiger charge is 2.38. The van der Waals surface area contributed by atoms with E-state index in [1.165, 1.54) is 17.2 Å². The van der Waals surface area contributed by atoms with E-state index in [0.29, 0.717) is 49.9 Å². The Morgan fingerprint density at radius 1 is 1.04 bits per heavy atom. The van der Waals surface area contributed by atoms with Crippen molar-refractivity contribution < 1.29 is 39.9 Å². The summed E-state index contributed by atoms with van der Waals surface area (Å²) in [7, 11) is 0. The number of aryl methyl sites for hydroxylation is 1. The van der Waals surface area contributed by atoms with Crippen molar-refractivity contribution in [3.05, 3.63) is 77.0 Å². The zero-order valence-electron chi connectivity index (χ0n) is 32.5. The van der Waals surface area contributed by atoms with Gasteiger partial charge < -0.3 is 62.2 Å². The van der Waals surface area contributed by atoms with E-state index >= 15 is 0 Å². The van der Waals surface area contributed by atoms with E-state index in [1.807, 2.05) is 18.2 Å². The number of aliphatic hydroxyl groups excluding tert-OH is 4. The van der Waals surface area contributed by atoms with Crippen LogP contribution >= 0.6 is 0 Å². The Bertz CT molecular complexity index is 1830. The molecule has 14 heteroatoms. The van der Waals surface area contributed by atoms with Gasteiger partial charge in [-0.2, -0.15) is 0 Å². The molecule has 0 bridgehead atoms. The van der Waals surface area contributed by atoms with Gasteiger partial charge >= 0.3 is 5.97 Å². The highest BCUT2D eigenvalue weighted by Crippen LogP contribution is 2.44. The van der Waals surface area contributed by atoms with Crippen LogP contribution in [0.15, 0.2) is 65.3 Å². The summed E-state index contributed by atoms with van der Waals surface area (Å²) in [6, 6.07) is 12.2. The summed E-state index contributed by atoms with van der Waals surface area (Å²) in [4.78, 5) is 43.0. The number of aromatic amines is 1. The van der Waals surface area contributed by atoms with E-state index in [9.17, 15) is 39.9 Å². The van der Waals surface area contributed by atoms with Crippen LogP contribution in [-0.4, -0.2) is 105 Å². The average molecular weight is 789 g/mol. The Hall–Kier alpha value is -4.60. The molecule has 57 heavy (non-hydrogen) atoms. The maximum atomic E-state index is 12.5. The van der Waals surface area contributed by atoms with E-state index in [4.69, 9.17) is 11.5 Å². The number of hydrogen-bond acceptors (Lipinski definition) is 12. The van der Waals surface area contributed by atoms with Gasteiger partial charge in [-0.25, -0.2) is 9.79 Å². The van der Waals surface area contributed by atoms with Gasteiger partial charge in [0.2, 0.25) is 0 Å². The Balaban J connectivity index is 1.47. The lowest BCUT2D eigenvalue weighted by molar-refractivity contribution is -0.131. The van der Waals surface area contributed by atoms with Crippen LogP contribution in [0.5, 0.6) is 0 Å². The normalized spacial score (nSPS) is 22.3. The summed E-state index contributed by atoms with van der Waals surface area (Å²) < 4.78 is 0. The summed E-state index contributed by atoms with van der Waals surface area (Å²) in [5, 5.41) is 58.9. The maximum absolute atomic E-state index is 12.5. The molecule has 3 aromatic rings. The van der Waals surface area contributed by atoms with Crippen LogP contribution in [0.25, 0.3) is 10.8 Å². The maximum Gasteiger partial charge on any atom is 0.328 e. The molecule has 12 N–H and O–H groups in total. The van der Waals surface area contributed by atoms with E-state index < -0.39 is 42.9 Å². The second-order valence-corrected chi connectivity index (χ2v) is 15.8.